The molecule has 7 heteroatoms. The summed E-state index contributed by atoms with van der Waals surface area (Å²) in [5.74, 6) is 1.78. The number of fused-ring (bicyclic) bond motifs is 1. The molecule has 1 heterocycles. The van der Waals surface area contributed by atoms with E-state index in [2.05, 4.69) is 24.3 Å². The average Bonchev–Trinajstić information content (AvgIpc) is 3.50. The summed E-state index contributed by atoms with van der Waals surface area (Å²) < 4.78 is 5.56. The highest BCUT2D eigenvalue weighted by molar-refractivity contribution is 5.97. The number of primary amides is 1. The number of hydrogen-bond acceptors (Lipinski definition) is 4. The van der Waals surface area contributed by atoms with Gasteiger partial charge < -0.3 is 15.4 Å². The lowest BCUT2D eigenvalue weighted by molar-refractivity contribution is -0.0464. The molecule has 4 rings (SSSR count). The Kier molecular flexibility index (Phi) is 5.40. The van der Waals surface area contributed by atoms with Crippen molar-refractivity contribution in [3.05, 3.63) is 65.2 Å². The van der Waals surface area contributed by atoms with Crippen molar-refractivity contribution in [3.63, 3.8) is 0 Å². The van der Waals surface area contributed by atoms with Gasteiger partial charge in [-0.15, -0.1) is 0 Å². The Bertz CT molecular complexity index is 902. The van der Waals surface area contributed by atoms with E-state index in [1.54, 1.807) is 12.1 Å². The minimum Gasteiger partial charge on any atom is -0.492 e. The highest BCUT2D eigenvalue weighted by Crippen LogP contribution is 2.48. The topological polar surface area (TPSA) is 96.1 Å². The van der Waals surface area contributed by atoms with Crippen LogP contribution in [0, 0.1) is 5.92 Å². The molecular weight excluding hydrogens is 370 g/mol. The van der Waals surface area contributed by atoms with Crippen molar-refractivity contribution < 1.29 is 19.5 Å². The third-order valence-electron chi connectivity index (χ3n) is 5.68. The number of nitrogens with zero attached hydrogens (tertiary/aromatic N) is 2. The first-order chi connectivity index (χ1) is 14.0. The van der Waals surface area contributed by atoms with E-state index in [1.807, 2.05) is 17.0 Å². The van der Waals surface area contributed by atoms with E-state index in [0.29, 0.717) is 29.2 Å². The molecule has 0 saturated heterocycles. The van der Waals surface area contributed by atoms with Crippen molar-refractivity contribution in [2.24, 2.45) is 11.7 Å². The maximum absolute atomic E-state index is 12.9. The van der Waals surface area contributed by atoms with Gasteiger partial charge in [-0.1, -0.05) is 30.3 Å². The maximum Gasteiger partial charge on any atom is 0.338 e. The fourth-order valence-corrected chi connectivity index (χ4v) is 3.98. The summed E-state index contributed by atoms with van der Waals surface area (Å²) in [6.07, 6.45) is 1.93. The van der Waals surface area contributed by atoms with Crippen LogP contribution in [-0.4, -0.2) is 53.3 Å². The molecule has 3 amide bonds. The molecular formula is C22H25N3O4. The standard InChI is InChI=1S/C22H25N3O4/c23-22(27)25(28)10-11-29-18-6-7-19-16(12-18)8-9-24(21(19)26)14-17-13-20(17)15-4-2-1-3-5-15/h1-7,12,17,20,28H,8-11,13-14H2,(H2,23,27). The van der Waals surface area contributed by atoms with Crippen LogP contribution in [0.1, 0.15) is 33.8 Å². The number of ether oxygens (including phenoxy) is 1. The summed E-state index contributed by atoms with van der Waals surface area (Å²) in [5.41, 5.74) is 8.01. The van der Waals surface area contributed by atoms with E-state index < -0.39 is 6.03 Å². The third-order valence-corrected chi connectivity index (χ3v) is 5.68. The van der Waals surface area contributed by atoms with Crippen LogP contribution in [0.15, 0.2) is 48.5 Å². The van der Waals surface area contributed by atoms with E-state index in [-0.39, 0.29) is 19.1 Å². The van der Waals surface area contributed by atoms with Gasteiger partial charge in [0.2, 0.25) is 0 Å². The molecule has 2 unspecified atom stereocenters. The molecule has 0 aromatic heterocycles. The lowest BCUT2D eigenvalue weighted by Crippen LogP contribution is -2.39. The van der Waals surface area contributed by atoms with Gasteiger partial charge in [0, 0.05) is 18.7 Å². The van der Waals surface area contributed by atoms with Crippen LogP contribution in [0.4, 0.5) is 4.79 Å². The lowest BCUT2D eigenvalue weighted by atomic mass is 9.98. The molecule has 2 aromatic carbocycles. The van der Waals surface area contributed by atoms with E-state index in [1.165, 1.54) is 5.56 Å². The molecule has 7 nitrogen and oxygen atoms in total. The van der Waals surface area contributed by atoms with E-state index >= 15 is 0 Å². The Morgan fingerprint density at radius 1 is 1.24 bits per heavy atom. The first-order valence-electron chi connectivity index (χ1n) is 9.88. The number of benzene rings is 2. The summed E-state index contributed by atoms with van der Waals surface area (Å²) in [6.45, 7) is 1.60. The smallest absolute Gasteiger partial charge is 0.338 e. The fourth-order valence-electron chi connectivity index (χ4n) is 3.98. The Balaban J connectivity index is 1.33. The summed E-state index contributed by atoms with van der Waals surface area (Å²) in [6, 6.07) is 15.0. The van der Waals surface area contributed by atoms with Crippen LogP contribution >= 0.6 is 0 Å². The monoisotopic (exact) mass is 395 g/mol. The Morgan fingerprint density at radius 3 is 2.79 bits per heavy atom. The molecule has 29 heavy (non-hydrogen) atoms. The van der Waals surface area contributed by atoms with Crippen molar-refractivity contribution in [1.82, 2.24) is 9.96 Å². The first kappa shape index (κ1) is 19.3. The summed E-state index contributed by atoms with van der Waals surface area (Å²) in [7, 11) is 0. The van der Waals surface area contributed by atoms with Crippen molar-refractivity contribution in [2.45, 2.75) is 18.8 Å². The summed E-state index contributed by atoms with van der Waals surface area (Å²) in [4.78, 5) is 25.7. The number of rotatable bonds is 7. The molecule has 1 fully saturated rings. The molecule has 0 bridgehead atoms. The van der Waals surface area contributed by atoms with Gasteiger partial charge in [0.05, 0.1) is 6.54 Å². The average molecular weight is 395 g/mol. The molecule has 1 aliphatic carbocycles. The minimum atomic E-state index is -0.921. The zero-order valence-corrected chi connectivity index (χ0v) is 16.2. The Morgan fingerprint density at radius 2 is 2.03 bits per heavy atom. The number of nitrogens with two attached hydrogens (primary N) is 1. The van der Waals surface area contributed by atoms with Crippen LogP contribution in [-0.2, 0) is 6.42 Å². The van der Waals surface area contributed by atoms with E-state index in [9.17, 15) is 14.8 Å². The normalized spacial score (nSPS) is 20.2. The fraction of sp³-hybridized carbons (Fsp3) is 0.364. The second-order valence-electron chi connectivity index (χ2n) is 7.64. The third kappa shape index (κ3) is 4.35. The van der Waals surface area contributed by atoms with Gasteiger partial charge in [0.15, 0.2) is 0 Å². The van der Waals surface area contributed by atoms with Gasteiger partial charge in [-0.3, -0.25) is 10.0 Å². The van der Waals surface area contributed by atoms with Gasteiger partial charge in [-0.2, -0.15) is 0 Å². The van der Waals surface area contributed by atoms with E-state index in [0.717, 1.165) is 30.5 Å². The Labute approximate surface area is 169 Å². The highest BCUT2D eigenvalue weighted by Gasteiger charge is 2.40. The summed E-state index contributed by atoms with van der Waals surface area (Å²) in [5, 5.41) is 9.66. The van der Waals surface area contributed by atoms with Crippen LogP contribution in [0.2, 0.25) is 0 Å². The zero-order valence-electron chi connectivity index (χ0n) is 16.2. The Hall–Kier alpha value is -3.06. The minimum absolute atomic E-state index is 0.0247. The van der Waals surface area contributed by atoms with Gasteiger partial charge in [0.25, 0.3) is 5.91 Å². The van der Waals surface area contributed by atoms with Crippen LogP contribution in [0.3, 0.4) is 0 Å². The summed E-state index contributed by atoms with van der Waals surface area (Å²) >= 11 is 0. The molecule has 0 spiro atoms. The van der Waals surface area contributed by atoms with Crippen molar-refractivity contribution in [1.29, 1.82) is 0 Å². The SMILES string of the molecule is NC(=O)N(O)CCOc1ccc2c(c1)CCN(CC1CC1c1ccccc1)C2=O. The molecule has 2 aromatic rings. The van der Waals surface area contributed by atoms with Crippen LogP contribution < -0.4 is 10.5 Å². The molecule has 1 saturated carbocycles. The van der Waals surface area contributed by atoms with Crippen molar-refractivity contribution in [2.75, 3.05) is 26.2 Å². The second kappa shape index (κ2) is 8.13. The molecule has 1 aliphatic heterocycles. The van der Waals surface area contributed by atoms with E-state index in [4.69, 9.17) is 10.5 Å². The van der Waals surface area contributed by atoms with Gasteiger partial charge in [-0.05, 0) is 54.0 Å². The number of hydrogen-bond donors (Lipinski definition) is 2. The zero-order chi connectivity index (χ0) is 20.4. The quantitative estimate of drug-likeness (QED) is 0.556. The molecule has 3 N–H and O–H groups in total. The maximum atomic E-state index is 12.9. The molecule has 2 aliphatic rings. The highest BCUT2D eigenvalue weighted by atomic mass is 16.5. The second-order valence-corrected chi connectivity index (χ2v) is 7.64. The van der Waals surface area contributed by atoms with Crippen LogP contribution in [0.25, 0.3) is 0 Å². The number of carbonyl (C=O) groups excluding carboxylic acids is 2. The molecule has 2 atom stereocenters. The van der Waals surface area contributed by atoms with Crippen molar-refractivity contribution >= 4 is 11.9 Å². The number of hydroxylamine groups is 2. The lowest BCUT2D eigenvalue weighted by Gasteiger charge is -2.29. The first-order valence-corrected chi connectivity index (χ1v) is 9.88. The van der Waals surface area contributed by atoms with Crippen molar-refractivity contribution in [3.8, 4) is 5.75 Å². The number of urea groups is 1. The molecule has 0 radical (unpaired) electrons. The predicted octanol–water partition coefficient (Wildman–Crippen LogP) is 2.64. The van der Waals surface area contributed by atoms with Gasteiger partial charge in [-0.25, -0.2) is 9.86 Å². The largest absolute Gasteiger partial charge is 0.492 e. The number of carbonyl (C=O) groups is 2. The number of amides is 3. The molecule has 152 valence electrons. The van der Waals surface area contributed by atoms with Crippen LogP contribution in [0.5, 0.6) is 5.75 Å². The van der Waals surface area contributed by atoms with Gasteiger partial charge in [0.1, 0.15) is 12.4 Å². The predicted molar refractivity (Wildman–Crippen MR) is 107 cm³/mol. The van der Waals surface area contributed by atoms with Gasteiger partial charge >= 0.3 is 6.03 Å².